The van der Waals surface area contributed by atoms with Gasteiger partial charge in [0.1, 0.15) is 12.3 Å². The Hall–Kier alpha value is -2.30. The lowest BCUT2D eigenvalue weighted by molar-refractivity contribution is 0.458. The first kappa shape index (κ1) is 18.0. The highest BCUT2D eigenvalue weighted by Crippen LogP contribution is 2.10. The van der Waals surface area contributed by atoms with E-state index in [4.69, 9.17) is 4.42 Å². The lowest BCUT2D eigenvalue weighted by Crippen LogP contribution is -2.38. The minimum Gasteiger partial charge on any atom is -0.444 e. The van der Waals surface area contributed by atoms with E-state index in [1.165, 1.54) is 11.1 Å². The summed E-state index contributed by atoms with van der Waals surface area (Å²) < 4.78 is 5.60. The molecule has 1 N–H and O–H groups in total. The molecule has 0 fully saturated rings. The number of hydrogen-bond donors (Lipinski definition) is 1. The van der Waals surface area contributed by atoms with Crippen molar-refractivity contribution in [3.63, 3.8) is 0 Å². The molecule has 0 saturated heterocycles. The van der Waals surface area contributed by atoms with Crippen molar-refractivity contribution in [2.75, 3.05) is 13.6 Å². The van der Waals surface area contributed by atoms with Gasteiger partial charge in [-0.25, -0.2) is 9.98 Å². The monoisotopic (exact) mass is 328 g/mol. The van der Waals surface area contributed by atoms with Crippen molar-refractivity contribution < 1.29 is 4.42 Å². The zero-order chi connectivity index (χ0) is 17.5. The van der Waals surface area contributed by atoms with Gasteiger partial charge in [0.15, 0.2) is 5.96 Å². The molecule has 0 amide bonds. The largest absolute Gasteiger partial charge is 0.444 e. The molecule has 0 aliphatic rings. The van der Waals surface area contributed by atoms with Gasteiger partial charge in [-0.05, 0) is 38.3 Å². The maximum atomic E-state index is 5.60. The number of aromatic nitrogens is 1. The first-order chi connectivity index (χ1) is 11.5. The van der Waals surface area contributed by atoms with Crippen LogP contribution in [0.1, 0.15) is 42.3 Å². The van der Waals surface area contributed by atoms with E-state index >= 15 is 0 Å². The van der Waals surface area contributed by atoms with E-state index in [2.05, 4.69) is 58.3 Å². The van der Waals surface area contributed by atoms with E-state index in [-0.39, 0.29) is 0 Å². The van der Waals surface area contributed by atoms with E-state index in [0.717, 1.165) is 36.9 Å². The average molecular weight is 328 g/mol. The Morgan fingerprint density at radius 3 is 2.38 bits per heavy atom. The number of rotatable bonds is 6. The molecule has 0 radical (unpaired) electrons. The minimum absolute atomic E-state index is 0.441. The van der Waals surface area contributed by atoms with Gasteiger partial charge >= 0.3 is 0 Å². The predicted octanol–water partition coefficient (Wildman–Crippen LogP) is 3.45. The summed E-state index contributed by atoms with van der Waals surface area (Å²) in [5.74, 6) is 2.36. The SMILES string of the molecule is CCNC(=NCc1nc(C)c(C)o1)N(C)Cc1ccc(CC)cc1. The van der Waals surface area contributed by atoms with Gasteiger partial charge in [-0.3, -0.25) is 0 Å². The topological polar surface area (TPSA) is 53.7 Å². The Balaban J connectivity index is 2.05. The molecule has 5 nitrogen and oxygen atoms in total. The Bertz CT molecular complexity index is 654. The third kappa shape index (κ3) is 4.85. The van der Waals surface area contributed by atoms with Crippen LogP contribution in [0.4, 0.5) is 0 Å². The highest BCUT2D eigenvalue weighted by Gasteiger charge is 2.09. The van der Waals surface area contributed by atoms with Crippen LogP contribution in [0.2, 0.25) is 0 Å². The predicted molar refractivity (Wildman–Crippen MR) is 98.1 cm³/mol. The normalized spacial score (nSPS) is 11.6. The van der Waals surface area contributed by atoms with Crippen LogP contribution in [0.25, 0.3) is 0 Å². The Morgan fingerprint density at radius 1 is 1.17 bits per heavy atom. The fourth-order valence-corrected chi connectivity index (χ4v) is 2.45. The molecular formula is C19H28N4O. The van der Waals surface area contributed by atoms with Crippen molar-refractivity contribution in [2.45, 2.75) is 47.2 Å². The summed E-state index contributed by atoms with van der Waals surface area (Å²) in [6, 6.07) is 8.73. The molecule has 0 unspecified atom stereocenters. The summed E-state index contributed by atoms with van der Waals surface area (Å²) in [5.41, 5.74) is 3.55. The Labute approximate surface area is 144 Å². The van der Waals surface area contributed by atoms with Crippen LogP contribution in [-0.2, 0) is 19.5 Å². The molecule has 1 heterocycles. The molecule has 5 heteroatoms. The van der Waals surface area contributed by atoms with E-state index < -0.39 is 0 Å². The molecule has 0 atom stereocenters. The van der Waals surface area contributed by atoms with Gasteiger partial charge in [0.05, 0.1) is 5.69 Å². The number of nitrogens with zero attached hydrogens (tertiary/aromatic N) is 3. The molecule has 0 aliphatic heterocycles. The van der Waals surface area contributed by atoms with Crippen LogP contribution in [0.5, 0.6) is 0 Å². The quantitative estimate of drug-likeness (QED) is 0.652. The second-order valence-electron chi connectivity index (χ2n) is 5.95. The molecule has 0 aliphatic carbocycles. The van der Waals surface area contributed by atoms with Crippen molar-refractivity contribution in [2.24, 2.45) is 4.99 Å². The molecule has 0 spiro atoms. The zero-order valence-electron chi connectivity index (χ0n) is 15.4. The van der Waals surface area contributed by atoms with Crippen LogP contribution in [0, 0.1) is 13.8 Å². The molecule has 1 aromatic carbocycles. The van der Waals surface area contributed by atoms with E-state index in [9.17, 15) is 0 Å². The van der Waals surface area contributed by atoms with Gasteiger partial charge in [-0.1, -0.05) is 31.2 Å². The first-order valence-electron chi connectivity index (χ1n) is 8.53. The number of benzene rings is 1. The van der Waals surface area contributed by atoms with Gasteiger partial charge in [0.2, 0.25) is 5.89 Å². The summed E-state index contributed by atoms with van der Waals surface area (Å²) in [6.45, 7) is 10.2. The van der Waals surface area contributed by atoms with Crippen LogP contribution < -0.4 is 5.32 Å². The number of aliphatic imine (C=N–C) groups is 1. The van der Waals surface area contributed by atoms with E-state index in [1.54, 1.807) is 0 Å². The molecule has 0 bridgehead atoms. The smallest absolute Gasteiger partial charge is 0.216 e. The number of guanidine groups is 1. The standard InChI is InChI=1S/C19H28N4O/c1-6-16-8-10-17(11-9-16)13-23(5)19(20-7-2)21-12-18-22-14(3)15(4)24-18/h8-11H,6-7,12-13H2,1-5H3,(H,20,21). The fourth-order valence-electron chi connectivity index (χ4n) is 2.45. The lowest BCUT2D eigenvalue weighted by atomic mass is 10.1. The van der Waals surface area contributed by atoms with E-state index in [1.807, 2.05) is 20.9 Å². The first-order valence-corrected chi connectivity index (χ1v) is 8.53. The molecule has 1 aromatic heterocycles. The highest BCUT2D eigenvalue weighted by molar-refractivity contribution is 5.79. The summed E-state index contributed by atoms with van der Waals surface area (Å²) >= 11 is 0. The van der Waals surface area contributed by atoms with Crippen LogP contribution in [0.3, 0.4) is 0 Å². The third-order valence-corrected chi connectivity index (χ3v) is 3.98. The summed E-state index contributed by atoms with van der Waals surface area (Å²) in [4.78, 5) is 11.1. The molecule has 24 heavy (non-hydrogen) atoms. The summed E-state index contributed by atoms with van der Waals surface area (Å²) in [5, 5.41) is 3.32. The molecule has 130 valence electrons. The second-order valence-corrected chi connectivity index (χ2v) is 5.95. The lowest BCUT2D eigenvalue weighted by Gasteiger charge is -2.22. The van der Waals surface area contributed by atoms with Crippen molar-refractivity contribution >= 4 is 5.96 Å². The molecule has 2 rings (SSSR count). The van der Waals surface area contributed by atoms with Crippen molar-refractivity contribution in [3.05, 3.63) is 52.7 Å². The number of nitrogens with one attached hydrogen (secondary N) is 1. The van der Waals surface area contributed by atoms with Crippen molar-refractivity contribution in [1.29, 1.82) is 0 Å². The molecular weight excluding hydrogens is 300 g/mol. The zero-order valence-corrected chi connectivity index (χ0v) is 15.4. The maximum absolute atomic E-state index is 5.60. The van der Waals surface area contributed by atoms with Crippen molar-refractivity contribution in [1.82, 2.24) is 15.2 Å². The molecule has 0 saturated carbocycles. The van der Waals surface area contributed by atoms with Gasteiger partial charge < -0.3 is 14.6 Å². The number of hydrogen-bond acceptors (Lipinski definition) is 3. The number of oxazole rings is 1. The molecule has 2 aromatic rings. The van der Waals surface area contributed by atoms with Gasteiger partial charge in [0.25, 0.3) is 0 Å². The maximum Gasteiger partial charge on any atom is 0.216 e. The second kappa shape index (κ2) is 8.52. The van der Waals surface area contributed by atoms with Crippen molar-refractivity contribution in [3.8, 4) is 0 Å². The number of aryl methyl sites for hydroxylation is 3. The fraction of sp³-hybridized carbons (Fsp3) is 0.474. The summed E-state index contributed by atoms with van der Waals surface area (Å²) in [6.07, 6.45) is 1.06. The Morgan fingerprint density at radius 2 is 1.83 bits per heavy atom. The van der Waals surface area contributed by atoms with Gasteiger partial charge in [-0.2, -0.15) is 0 Å². The van der Waals surface area contributed by atoms with Gasteiger partial charge in [0, 0.05) is 20.1 Å². The Kier molecular flexibility index (Phi) is 6.41. The van der Waals surface area contributed by atoms with E-state index in [0.29, 0.717) is 12.4 Å². The highest BCUT2D eigenvalue weighted by atomic mass is 16.4. The van der Waals surface area contributed by atoms with Crippen LogP contribution in [0.15, 0.2) is 33.7 Å². The summed E-state index contributed by atoms with van der Waals surface area (Å²) in [7, 11) is 2.04. The third-order valence-electron chi connectivity index (χ3n) is 3.98. The minimum atomic E-state index is 0.441. The van der Waals surface area contributed by atoms with Gasteiger partial charge in [-0.15, -0.1) is 0 Å². The van der Waals surface area contributed by atoms with Crippen LogP contribution >= 0.6 is 0 Å². The van der Waals surface area contributed by atoms with Crippen LogP contribution in [-0.4, -0.2) is 29.4 Å². The average Bonchev–Trinajstić information content (AvgIpc) is 2.90.